The molecule has 0 aromatic heterocycles. The third-order valence-electron chi connectivity index (χ3n) is 5.06. The van der Waals surface area contributed by atoms with Crippen molar-refractivity contribution >= 4 is 5.91 Å². The molecule has 7 heteroatoms. The molecule has 2 aromatic carbocycles. The summed E-state index contributed by atoms with van der Waals surface area (Å²) in [6.07, 6.45) is -3.73. The van der Waals surface area contributed by atoms with Crippen molar-refractivity contribution < 1.29 is 27.4 Å². The van der Waals surface area contributed by atoms with Gasteiger partial charge in [-0.15, -0.1) is 0 Å². The summed E-state index contributed by atoms with van der Waals surface area (Å²) >= 11 is 0. The Hall–Kier alpha value is -2.70. The van der Waals surface area contributed by atoms with Crippen LogP contribution in [0.5, 0.6) is 11.5 Å². The Balaban J connectivity index is 1.65. The highest BCUT2D eigenvalue weighted by molar-refractivity contribution is 5.83. The van der Waals surface area contributed by atoms with Crippen LogP contribution < -0.4 is 14.8 Å². The lowest BCUT2D eigenvalue weighted by Crippen LogP contribution is -2.28. The van der Waals surface area contributed by atoms with Gasteiger partial charge in [-0.1, -0.05) is 12.1 Å². The third kappa shape index (κ3) is 4.24. The van der Waals surface area contributed by atoms with Crippen molar-refractivity contribution in [3.8, 4) is 11.5 Å². The van der Waals surface area contributed by atoms with Gasteiger partial charge >= 0.3 is 6.18 Å². The summed E-state index contributed by atoms with van der Waals surface area (Å²) in [6.45, 7) is 1.85. The molecule has 0 spiro atoms. The molecule has 0 radical (unpaired) electrons. The smallest absolute Gasteiger partial charge is 0.416 e. The molecular formula is C21H22F3NO3. The molecule has 0 aliphatic heterocycles. The van der Waals surface area contributed by atoms with E-state index in [2.05, 4.69) is 5.32 Å². The maximum Gasteiger partial charge on any atom is 0.416 e. The Morgan fingerprint density at radius 3 is 2.36 bits per heavy atom. The van der Waals surface area contributed by atoms with Crippen molar-refractivity contribution in [2.24, 2.45) is 5.92 Å². The van der Waals surface area contributed by atoms with Crippen molar-refractivity contribution in [3.63, 3.8) is 0 Å². The molecule has 1 aliphatic carbocycles. The van der Waals surface area contributed by atoms with E-state index >= 15 is 0 Å². The van der Waals surface area contributed by atoms with Crippen LogP contribution in [0.1, 0.15) is 42.0 Å². The molecule has 1 fully saturated rings. The van der Waals surface area contributed by atoms with Gasteiger partial charge in [-0.3, -0.25) is 4.79 Å². The number of benzene rings is 2. The van der Waals surface area contributed by atoms with Crippen molar-refractivity contribution in [3.05, 3.63) is 59.2 Å². The molecular weight excluding hydrogens is 371 g/mol. The molecule has 1 aliphatic rings. The van der Waals surface area contributed by atoms with Crippen LogP contribution in [0, 0.1) is 5.92 Å². The van der Waals surface area contributed by atoms with Crippen LogP contribution in [0.4, 0.5) is 13.2 Å². The first-order chi connectivity index (χ1) is 13.2. The zero-order chi connectivity index (χ0) is 20.5. The minimum Gasteiger partial charge on any atom is -0.497 e. The van der Waals surface area contributed by atoms with E-state index in [4.69, 9.17) is 9.47 Å². The second-order valence-electron chi connectivity index (χ2n) is 6.91. The monoisotopic (exact) mass is 393 g/mol. The fraction of sp³-hybridized carbons (Fsp3) is 0.381. The summed E-state index contributed by atoms with van der Waals surface area (Å²) in [4.78, 5) is 12.6. The van der Waals surface area contributed by atoms with Gasteiger partial charge in [0.15, 0.2) is 0 Å². The minimum absolute atomic E-state index is 0.0540. The van der Waals surface area contributed by atoms with Crippen LogP contribution in [-0.4, -0.2) is 20.1 Å². The second kappa shape index (κ2) is 7.73. The van der Waals surface area contributed by atoms with Crippen LogP contribution in [0.15, 0.2) is 42.5 Å². The number of nitrogens with one attached hydrogen (secondary N) is 1. The van der Waals surface area contributed by atoms with Gasteiger partial charge in [-0.05, 0) is 55.2 Å². The predicted molar refractivity (Wildman–Crippen MR) is 98.4 cm³/mol. The van der Waals surface area contributed by atoms with Gasteiger partial charge in [0.1, 0.15) is 11.5 Å². The highest BCUT2D eigenvalue weighted by Gasteiger charge is 2.44. The lowest BCUT2D eigenvalue weighted by atomic mass is 10.0. The summed E-state index contributed by atoms with van der Waals surface area (Å²) < 4.78 is 48.6. The highest BCUT2D eigenvalue weighted by Crippen LogP contribution is 2.48. The van der Waals surface area contributed by atoms with Crippen LogP contribution in [0.2, 0.25) is 0 Å². The van der Waals surface area contributed by atoms with E-state index in [9.17, 15) is 18.0 Å². The van der Waals surface area contributed by atoms with Crippen LogP contribution >= 0.6 is 0 Å². The number of ether oxygens (including phenoxy) is 2. The number of alkyl halides is 3. The Morgan fingerprint density at radius 2 is 1.79 bits per heavy atom. The van der Waals surface area contributed by atoms with Gasteiger partial charge in [-0.2, -0.15) is 13.2 Å². The average Bonchev–Trinajstić information content (AvgIpc) is 3.47. The molecule has 0 saturated heterocycles. The van der Waals surface area contributed by atoms with Gasteiger partial charge in [0.25, 0.3) is 0 Å². The van der Waals surface area contributed by atoms with Gasteiger partial charge in [0.2, 0.25) is 5.91 Å². The first kappa shape index (κ1) is 20.0. The molecule has 2 aromatic rings. The minimum atomic E-state index is -4.36. The zero-order valence-corrected chi connectivity index (χ0v) is 15.8. The quantitative estimate of drug-likeness (QED) is 0.774. The van der Waals surface area contributed by atoms with Crippen molar-refractivity contribution in [1.82, 2.24) is 5.32 Å². The molecule has 28 heavy (non-hydrogen) atoms. The van der Waals surface area contributed by atoms with Crippen molar-refractivity contribution in [1.29, 1.82) is 0 Å². The first-order valence-corrected chi connectivity index (χ1v) is 8.94. The second-order valence-corrected chi connectivity index (χ2v) is 6.91. The van der Waals surface area contributed by atoms with Gasteiger partial charge in [-0.25, -0.2) is 0 Å². The van der Waals surface area contributed by atoms with E-state index in [0.717, 1.165) is 23.3 Å². The van der Waals surface area contributed by atoms with Crippen LogP contribution in [-0.2, 0) is 11.0 Å². The standard InChI is InChI=1S/C21H22F3NO3/c1-12(16-10-15(27-2)8-9-19(16)28-3)25-20(26)18-11-17(18)13-4-6-14(7-5-13)21(22,23)24/h4-10,12,17-18H,11H2,1-3H3,(H,25,26). The fourth-order valence-corrected chi connectivity index (χ4v) is 3.35. The molecule has 150 valence electrons. The molecule has 1 amide bonds. The molecule has 3 rings (SSSR count). The SMILES string of the molecule is COc1ccc(OC)c(C(C)NC(=O)C2CC2c2ccc(C(F)(F)F)cc2)c1. The van der Waals surface area contributed by atoms with Crippen molar-refractivity contribution in [2.75, 3.05) is 14.2 Å². The Morgan fingerprint density at radius 1 is 1.11 bits per heavy atom. The van der Waals surface area contributed by atoms with E-state index in [1.165, 1.54) is 12.1 Å². The van der Waals surface area contributed by atoms with Gasteiger partial charge in [0, 0.05) is 11.5 Å². The van der Waals surface area contributed by atoms with Crippen LogP contribution in [0.25, 0.3) is 0 Å². The molecule has 4 nitrogen and oxygen atoms in total. The Kier molecular flexibility index (Phi) is 5.54. The number of hydrogen-bond acceptors (Lipinski definition) is 3. The van der Waals surface area contributed by atoms with Crippen LogP contribution in [0.3, 0.4) is 0 Å². The summed E-state index contributed by atoms with van der Waals surface area (Å²) in [6, 6.07) is 10.1. The number of carbonyl (C=O) groups excluding carboxylic acids is 1. The van der Waals surface area contributed by atoms with E-state index in [0.29, 0.717) is 17.9 Å². The molecule has 1 N–H and O–H groups in total. The van der Waals surface area contributed by atoms with Gasteiger partial charge < -0.3 is 14.8 Å². The lowest BCUT2D eigenvalue weighted by molar-refractivity contribution is -0.137. The maximum absolute atomic E-state index is 12.7. The number of halogens is 3. The molecule has 1 saturated carbocycles. The Labute approximate surface area is 161 Å². The number of hydrogen-bond donors (Lipinski definition) is 1. The summed E-state index contributed by atoms with van der Waals surface area (Å²) in [5.41, 5.74) is 0.860. The maximum atomic E-state index is 12.7. The topological polar surface area (TPSA) is 47.6 Å². The molecule has 0 heterocycles. The third-order valence-corrected chi connectivity index (χ3v) is 5.06. The summed E-state index contributed by atoms with van der Waals surface area (Å²) in [5, 5.41) is 2.97. The number of methoxy groups -OCH3 is 2. The molecule has 3 unspecified atom stereocenters. The summed E-state index contributed by atoms with van der Waals surface area (Å²) in [7, 11) is 3.12. The zero-order valence-electron chi connectivity index (χ0n) is 15.8. The number of carbonyl (C=O) groups is 1. The summed E-state index contributed by atoms with van der Waals surface area (Å²) in [5.74, 6) is 0.884. The first-order valence-electron chi connectivity index (χ1n) is 8.94. The Bertz CT molecular complexity index is 849. The predicted octanol–water partition coefficient (Wildman–Crippen LogP) is 4.70. The number of rotatable bonds is 6. The van der Waals surface area contributed by atoms with E-state index in [-0.39, 0.29) is 23.8 Å². The van der Waals surface area contributed by atoms with E-state index in [1.54, 1.807) is 26.4 Å². The number of amides is 1. The lowest BCUT2D eigenvalue weighted by Gasteiger charge is -2.18. The van der Waals surface area contributed by atoms with E-state index < -0.39 is 11.7 Å². The highest BCUT2D eigenvalue weighted by atomic mass is 19.4. The van der Waals surface area contributed by atoms with E-state index in [1.807, 2.05) is 13.0 Å². The average molecular weight is 393 g/mol. The normalized spacial score (nSPS) is 19.6. The molecule has 3 atom stereocenters. The fourth-order valence-electron chi connectivity index (χ4n) is 3.35. The molecule has 0 bridgehead atoms. The van der Waals surface area contributed by atoms with Gasteiger partial charge in [0.05, 0.1) is 25.8 Å². The van der Waals surface area contributed by atoms with Crippen molar-refractivity contribution in [2.45, 2.75) is 31.5 Å². The largest absolute Gasteiger partial charge is 0.497 e.